The molecule has 1 aliphatic rings. The number of aromatic nitrogens is 3. The third-order valence-electron chi connectivity index (χ3n) is 5.92. The summed E-state index contributed by atoms with van der Waals surface area (Å²) in [5.41, 5.74) is 8.06. The molecule has 0 radical (unpaired) electrons. The second-order valence-corrected chi connectivity index (χ2v) is 8.46. The number of nitrogens with one attached hydrogen (secondary N) is 2. The van der Waals surface area contributed by atoms with Gasteiger partial charge in [-0.2, -0.15) is 0 Å². The molecule has 9 heteroatoms. The maximum atomic E-state index is 11.2. The molecule has 0 spiro atoms. The third-order valence-corrected chi connectivity index (χ3v) is 6.12. The Morgan fingerprint density at radius 3 is 2.81 bits per heavy atom. The zero-order valence-corrected chi connectivity index (χ0v) is 18.4. The molecule has 3 heterocycles. The van der Waals surface area contributed by atoms with Crippen LogP contribution in [0.5, 0.6) is 5.75 Å². The Labute approximate surface area is 186 Å². The van der Waals surface area contributed by atoms with E-state index < -0.39 is 0 Å². The van der Waals surface area contributed by atoms with Crippen molar-refractivity contribution in [2.45, 2.75) is 37.8 Å². The first-order chi connectivity index (χ1) is 14.9. The highest BCUT2D eigenvalue weighted by Gasteiger charge is 2.25. The molecule has 1 amide bonds. The number of likely N-dealkylation sites (N-methyl/N-ethyl adjacent to an activating group) is 1. The lowest BCUT2D eigenvalue weighted by Gasteiger charge is -2.34. The highest BCUT2D eigenvalue weighted by molar-refractivity contribution is 6.29. The number of H-pyrrole nitrogens is 1. The van der Waals surface area contributed by atoms with Crippen LogP contribution in [0.1, 0.15) is 25.7 Å². The molecule has 3 aromatic heterocycles. The topological polar surface area (TPSA) is 109 Å². The highest BCUT2D eigenvalue weighted by atomic mass is 35.5. The fraction of sp³-hybridized carbons (Fsp3) is 0.409. The van der Waals surface area contributed by atoms with Crippen LogP contribution < -0.4 is 15.8 Å². The van der Waals surface area contributed by atoms with Crippen LogP contribution in [0.2, 0.25) is 5.15 Å². The van der Waals surface area contributed by atoms with Crippen LogP contribution >= 0.6 is 11.6 Å². The maximum absolute atomic E-state index is 11.2. The van der Waals surface area contributed by atoms with Crippen LogP contribution in [-0.4, -0.2) is 58.5 Å². The highest BCUT2D eigenvalue weighted by Crippen LogP contribution is 2.33. The molecule has 0 aliphatic heterocycles. The number of anilines is 1. The summed E-state index contributed by atoms with van der Waals surface area (Å²) in [5.74, 6) is 1.16. The van der Waals surface area contributed by atoms with Crippen molar-refractivity contribution < 1.29 is 9.53 Å². The molecule has 4 rings (SSSR count). The first-order valence-corrected chi connectivity index (χ1v) is 10.7. The number of ether oxygens (including phenoxy) is 1. The first-order valence-electron chi connectivity index (χ1n) is 10.4. The Hall–Kier alpha value is -2.84. The Kier molecular flexibility index (Phi) is 6.29. The molecular formula is C22H27ClN6O2. The summed E-state index contributed by atoms with van der Waals surface area (Å²) < 4.78 is 5.32. The van der Waals surface area contributed by atoms with Crippen molar-refractivity contribution in [3.05, 3.63) is 35.7 Å². The first kappa shape index (κ1) is 21.4. The van der Waals surface area contributed by atoms with Crippen LogP contribution in [0.25, 0.3) is 22.2 Å². The van der Waals surface area contributed by atoms with Gasteiger partial charge in [0, 0.05) is 29.2 Å². The number of amides is 1. The number of hydrogen-bond donors (Lipinski definition) is 3. The van der Waals surface area contributed by atoms with Gasteiger partial charge in [-0.05, 0) is 56.5 Å². The molecule has 8 nitrogen and oxygen atoms in total. The number of hydrogen-bond acceptors (Lipinski definition) is 6. The molecule has 0 bridgehead atoms. The molecule has 164 valence electrons. The quantitative estimate of drug-likeness (QED) is 0.483. The second kappa shape index (κ2) is 9.11. The fourth-order valence-corrected chi connectivity index (χ4v) is 4.51. The number of pyridine rings is 2. The molecule has 4 N–H and O–H groups in total. The molecule has 31 heavy (non-hydrogen) atoms. The summed E-state index contributed by atoms with van der Waals surface area (Å²) >= 11 is 6.36. The number of carbonyl (C=O) groups excluding carboxylic acids is 1. The van der Waals surface area contributed by atoms with Gasteiger partial charge < -0.3 is 20.8 Å². The minimum absolute atomic E-state index is 0.288. The largest absolute Gasteiger partial charge is 0.495 e. The van der Waals surface area contributed by atoms with Gasteiger partial charge in [0.15, 0.2) is 0 Å². The Bertz CT molecular complexity index is 1080. The number of rotatable bonds is 7. The number of primary amides is 1. The van der Waals surface area contributed by atoms with Gasteiger partial charge in [0.2, 0.25) is 5.91 Å². The molecule has 0 atom stereocenters. The van der Waals surface area contributed by atoms with Crippen LogP contribution in [-0.2, 0) is 4.79 Å². The van der Waals surface area contributed by atoms with Crippen molar-refractivity contribution >= 4 is 34.4 Å². The predicted molar refractivity (Wildman–Crippen MR) is 122 cm³/mol. The van der Waals surface area contributed by atoms with Crippen LogP contribution in [0.15, 0.2) is 30.6 Å². The summed E-state index contributed by atoms with van der Waals surface area (Å²) in [7, 11) is 3.58. The van der Waals surface area contributed by atoms with Crippen molar-refractivity contribution in [2.75, 3.05) is 26.0 Å². The molecule has 1 aliphatic carbocycles. The van der Waals surface area contributed by atoms with Gasteiger partial charge in [-0.3, -0.25) is 9.69 Å². The average molecular weight is 443 g/mol. The number of nitrogens with zero attached hydrogens (tertiary/aromatic N) is 3. The van der Waals surface area contributed by atoms with E-state index in [1.54, 1.807) is 13.3 Å². The SMILES string of the molecule is COc1cnc2[nH]cc(-c3cc(Cl)nc(NC4CCC(N(C)CC(N)=O)CC4)c3)c2c1. The smallest absolute Gasteiger partial charge is 0.231 e. The van der Waals surface area contributed by atoms with Gasteiger partial charge in [0.1, 0.15) is 22.4 Å². The normalized spacial score (nSPS) is 19.0. The van der Waals surface area contributed by atoms with E-state index in [0.29, 0.717) is 29.5 Å². The maximum Gasteiger partial charge on any atom is 0.231 e. The van der Waals surface area contributed by atoms with E-state index in [1.807, 2.05) is 36.3 Å². The van der Waals surface area contributed by atoms with E-state index in [1.165, 1.54) is 0 Å². The number of halogens is 1. The molecule has 0 aromatic carbocycles. The van der Waals surface area contributed by atoms with E-state index in [4.69, 9.17) is 22.1 Å². The zero-order chi connectivity index (χ0) is 22.0. The monoisotopic (exact) mass is 442 g/mol. The van der Waals surface area contributed by atoms with Gasteiger partial charge in [-0.15, -0.1) is 0 Å². The van der Waals surface area contributed by atoms with Crippen molar-refractivity contribution in [2.24, 2.45) is 5.73 Å². The van der Waals surface area contributed by atoms with Gasteiger partial charge >= 0.3 is 0 Å². The second-order valence-electron chi connectivity index (χ2n) is 8.07. The number of aromatic amines is 1. The van der Waals surface area contributed by atoms with Crippen molar-refractivity contribution in [1.82, 2.24) is 19.9 Å². The number of nitrogens with two attached hydrogens (primary N) is 1. The lowest BCUT2D eigenvalue weighted by molar-refractivity contribution is -0.119. The fourth-order valence-electron chi connectivity index (χ4n) is 4.31. The van der Waals surface area contributed by atoms with Crippen molar-refractivity contribution in [3.63, 3.8) is 0 Å². The van der Waals surface area contributed by atoms with Crippen LogP contribution in [0.4, 0.5) is 5.82 Å². The van der Waals surface area contributed by atoms with Crippen LogP contribution in [0, 0.1) is 0 Å². The third kappa shape index (κ3) is 4.91. The molecule has 3 aromatic rings. The summed E-state index contributed by atoms with van der Waals surface area (Å²) in [4.78, 5) is 25.3. The Morgan fingerprint density at radius 1 is 1.32 bits per heavy atom. The van der Waals surface area contributed by atoms with Gasteiger partial charge in [-0.25, -0.2) is 9.97 Å². The van der Waals surface area contributed by atoms with Crippen molar-refractivity contribution in [3.8, 4) is 16.9 Å². The van der Waals surface area contributed by atoms with Gasteiger partial charge in [0.25, 0.3) is 0 Å². The summed E-state index contributed by atoms with van der Waals surface area (Å²) in [6.07, 6.45) is 7.60. The number of methoxy groups -OCH3 is 1. The van der Waals surface area contributed by atoms with E-state index in [9.17, 15) is 4.79 Å². The molecule has 1 fully saturated rings. The van der Waals surface area contributed by atoms with Gasteiger partial charge in [0.05, 0.1) is 19.9 Å². The zero-order valence-electron chi connectivity index (χ0n) is 17.7. The Morgan fingerprint density at radius 2 is 2.10 bits per heavy atom. The van der Waals surface area contributed by atoms with Crippen molar-refractivity contribution in [1.29, 1.82) is 0 Å². The van der Waals surface area contributed by atoms with Crippen LogP contribution in [0.3, 0.4) is 0 Å². The molecule has 0 unspecified atom stereocenters. The lowest BCUT2D eigenvalue weighted by Crippen LogP contribution is -2.42. The Balaban J connectivity index is 1.49. The standard InChI is InChI=1S/C22H27ClN6O2/c1-29(12-20(24)30)15-5-3-14(4-6-15)27-21-8-13(7-19(23)28-21)18-11-26-22-17(18)9-16(31-2)10-25-22/h7-11,14-15H,3-6,12H2,1-2H3,(H2,24,30)(H,25,26)(H,27,28). The van der Waals surface area contributed by atoms with E-state index in [0.717, 1.165) is 53.7 Å². The summed E-state index contributed by atoms with van der Waals surface area (Å²) in [5, 5.41) is 4.93. The minimum Gasteiger partial charge on any atom is -0.495 e. The van der Waals surface area contributed by atoms with E-state index >= 15 is 0 Å². The molecule has 0 saturated heterocycles. The minimum atomic E-state index is -0.288. The number of fused-ring (bicyclic) bond motifs is 1. The molecule has 1 saturated carbocycles. The van der Waals surface area contributed by atoms with E-state index in [2.05, 4.69) is 20.3 Å². The average Bonchev–Trinajstić information content (AvgIpc) is 3.16. The molecular weight excluding hydrogens is 416 g/mol. The van der Waals surface area contributed by atoms with E-state index in [-0.39, 0.29) is 5.91 Å². The van der Waals surface area contributed by atoms with Gasteiger partial charge in [-0.1, -0.05) is 11.6 Å². The number of carbonyl (C=O) groups is 1. The lowest BCUT2D eigenvalue weighted by atomic mass is 9.90. The summed E-state index contributed by atoms with van der Waals surface area (Å²) in [6.45, 7) is 0.298. The predicted octanol–water partition coefficient (Wildman–Crippen LogP) is 3.43. The summed E-state index contributed by atoms with van der Waals surface area (Å²) in [6, 6.07) is 6.51.